The second kappa shape index (κ2) is 6.07. The highest BCUT2D eigenvalue weighted by Gasteiger charge is 2.11. The van der Waals surface area contributed by atoms with Gasteiger partial charge in [-0.15, -0.1) is 5.10 Å². The van der Waals surface area contributed by atoms with Crippen molar-refractivity contribution in [3.8, 4) is 5.69 Å². The molecule has 0 spiro atoms. The van der Waals surface area contributed by atoms with Crippen LogP contribution < -0.4 is 0 Å². The minimum absolute atomic E-state index is 0.411. The van der Waals surface area contributed by atoms with Crippen LogP contribution in [0.4, 0.5) is 0 Å². The van der Waals surface area contributed by atoms with Gasteiger partial charge in [-0.1, -0.05) is 29.8 Å². The van der Waals surface area contributed by atoms with Crippen LogP contribution in [0.1, 0.15) is 10.4 Å². The molecule has 0 radical (unpaired) electrons. The van der Waals surface area contributed by atoms with E-state index < -0.39 is 0 Å². The second-order valence-corrected chi connectivity index (χ2v) is 5.56. The number of carbonyl (C=O) groups excluding carboxylic acids is 1. The van der Waals surface area contributed by atoms with Crippen LogP contribution in [0, 0.1) is 0 Å². The lowest BCUT2D eigenvalue weighted by Crippen LogP contribution is -1.98. The average molecular weight is 317 g/mol. The lowest BCUT2D eigenvalue weighted by atomic mass is 10.2. The minimum Gasteiger partial charge on any atom is -0.298 e. The third kappa shape index (κ3) is 2.96. The maximum atomic E-state index is 10.8. The number of nitrogens with zero attached hydrogens (tertiary/aromatic N) is 4. The molecule has 21 heavy (non-hydrogen) atoms. The molecule has 0 saturated heterocycles. The number of halogens is 1. The smallest absolute Gasteiger partial charge is 0.218 e. The molecule has 0 amide bonds. The monoisotopic (exact) mass is 316 g/mol. The molecule has 104 valence electrons. The Kier molecular flexibility index (Phi) is 3.98. The molecule has 0 aliphatic heterocycles. The first-order valence-corrected chi connectivity index (χ1v) is 7.24. The molecule has 0 N–H and O–H groups in total. The Balaban J connectivity index is 1.91. The zero-order valence-electron chi connectivity index (χ0n) is 10.7. The molecule has 0 fully saturated rings. The van der Waals surface area contributed by atoms with E-state index in [0.29, 0.717) is 15.7 Å². The first kappa shape index (κ1) is 13.8. The predicted octanol–water partition coefficient (Wildman–Crippen LogP) is 3.28. The standard InChI is InChI=1S/C14H9ClN4OS/c15-13-8-12(7-6-10(13)9-20)21-14-16-17-18-19(14)11-4-2-1-3-5-11/h1-9H. The van der Waals surface area contributed by atoms with Crippen molar-refractivity contribution < 1.29 is 4.79 Å². The van der Waals surface area contributed by atoms with Crippen molar-refractivity contribution in [2.75, 3.05) is 0 Å². The number of aromatic nitrogens is 4. The van der Waals surface area contributed by atoms with Crippen molar-refractivity contribution in [1.29, 1.82) is 0 Å². The van der Waals surface area contributed by atoms with E-state index in [1.807, 2.05) is 36.4 Å². The number of tetrazole rings is 1. The quantitative estimate of drug-likeness (QED) is 0.691. The van der Waals surface area contributed by atoms with Gasteiger partial charge in [-0.3, -0.25) is 4.79 Å². The molecule has 0 saturated carbocycles. The maximum absolute atomic E-state index is 10.8. The summed E-state index contributed by atoms with van der Waals surface area (Å²) in [5.41, 5.74) is 1.34. The maximum Gasteiger partial charge on any atom is 0.218 e. The summed E-state index contributed by atoms with van der Waals surface area (Å²) >= 11 is 7.40. The van der Waals surface area contributed by atoms with E-state index in [1.54, 1.807) is 16.8 Å². The molecule has 2 aromatic carbocycles. The van der Waals surface area contributed by atoms with E-state index in [4.69, 9.17) is 11.6 Å². The number of rotatable bonds is 4. The van der Waals surface area contributed by atoms with Crippen LogP contribution in [0.3, 0.4) is 0 Å². The van der Waals surface area contributed by atoms with E-state index in [-0.39, 0.29) is 0 Å². The third-order valence-electron chi connectivity index (χ3n) is 2.75. The number of aldehydes is 1. The van der Waals surface area contributed by atoms with Crippen LogP contribution in [0.2, 0.25) is 5.02 Å². The molecule has 0 unspecified atom stereocenters. The van der Waals surface area contributed by atoms with Crippen LogP contribution in [-0.4, -0.2) is 26.5 Å². The summed E-state index contributed by atoms with van der Waals surface area (Å²) in [5.74, 6) is 0. The molecule has 1 heterocycles. The Morgan fingerprint density at radius 1 is 1.14 bits per heavy atom. The Bertz CT molecular complexity index is 776. The first-order valence-electron chi connectivity index (χ1n) is 6.04. The van der Waals surface area contributed by atoms with Crippen molar-refractivity contribution in [2.45, 2.75) is 10.1 Å². The molecule has 1 aromatic heterocycles. The van der Waals surface area contributed by atoms with Gasteiger partial charge < -0.3 is 0 Å². The summed E-state index contributed by atoms with van der Waals surface area (Å²) in [5, 5.41) is 12.7. The van der Waals surface area contributed by atoms with Gasteiger partial charge in [0.2, 0.25) is 5.16 Å². The number of hydrogen-bond donors (Lipinski definition) is 0. The van der Waals surface area contributed by atoms with Crippen LogP contribution in [0.15, 0.2) is 58.6 Å². The summed E-state index contributed by atoms with van der Waals surface area (Å²) in [6.07, 6.45) is 0.727. The molecule has 0 bridgehead atoms. The fraction of sp³-hybridized carbons (Fsp3) is 0. The summed E-state index contributed by atoms with van der Waals surface area (Å²) in [4.78, 5) is 11.6. The number of para-hydroxylation sites is 1. The van der Waals surface area contributed by atoms with Gasteiger partial charge in [-0.2, -0.15) is 4.68 Å². The van der Waals surface area contributed by atoms with Crippen LogP contribution in [-0.2, 0) is 0 Å². The Labute approximate surface area is 129 Å². The molecule has 7 heteroatoms. The number of carbonyl (C=O) groups is 1. The van der Waals surface area contributed by atoms with Crippen LogP contribution in [0.5, 0.6) is 0 Å². The molecular weight excluding hydrogens is 308 g/mol. The average Bonchev–Trinajstić information content (AvgIpc) is 2.96. The zero-order valence-corrected chi connectivity index (χ0v) is 12.3. The fourth-order valence-electron chi connectivity index (χ4n) is 1.75. The van der Waals surface area contributed by atoms with Crippen LogP contribution >= 0.6 is 23.4 Å². The Hall–Kier alpha value is -2.18. The molecule has 0 aliphatic rings. The lowest BCUT2D eigenvalue weighted by molar-refractivity contribution is 0.112. The second-order valence-electron chi connectivity index (χ2n) is 4.11. The first-order chi connectivity index (χ1) is 10.3. The zero-order chi connectivity index (χ0) is 14.7. The van der Waals surface area contributed by atoms with Gasteiger partial charge in [-0.25, -0.2) is 0 Å². The van der Waals surface area contributed by atoms with Crippen molar-refractivity contribution in [1.82, 2.24) is 20.2 Å². The largest absolute Gasteiger partial charge is 0.298 e. The minimum atomic E-state index is 0.411. The third-order valence-corrected chi connectivity index (χ3v) is 4.00. The highest BCUT2D eigenvalue weighted by molar-refractivity contribution is 7.99. The lowest BCUT2D eigenvalue weighted by Gasteiger charge is -2.04. The summed E-state index contributed by atoms with van der Waals surface area (Å²) < 4.78 is 1.65. The highest BCUT2D eigenvalue weighted by Crippen LogP contribution is 2.29. The molecular formula is C14H9ClN4OS. The summed E-state index contributed by atoms with van der Waals surface area (Å²) in [7, 11) is 0. The topological polar surface area (TPSA) is 60.7 Å². The summed E-state index contributed by atoms with van der Waals surface area (Å²) in [6, 6.07) is 14.8. The van der Waals surface area contributed by atoms with E-state index in [9.17, 15) is 4.79 Å². The van der Waals surface area contributed by atoms with Crippen molar-refractivity contribution in [2.24, 2.45) is 0 Å². The van der Waals surface area contributed by atoms with E-state index >= 15 is 0 Å². The summed E-state index contributed by atoms with van der Waals surface area (Å²) in [6.45, 7) is 0. The number of benzene rings is 2. The van der Waals surface area contributed by atoms with Crippen molar-refractivity contribution in [3.05, 3.63) is 59.1 Å². The number of hydrogen-bond acceptors (Lipinski definition) is 5. The Morgan fingerprint density at radius 2 is 1.95 bits per heavy atom. The van der Waals surface area contributed by atoms with Crippen LogP contribution in [0.25, 0.3) is 5.69 Å². The molecule has 3 aromatic rings. The van der Waals surface area contributed by atoms with Gasteiger partial charge in [0.25, 0.3) is 0 Å². The Morgan fingerprint density at radius 3 is 2.67 bits per heavy atom. The molecule has 0 aliphatic carbocycles. The van der Waals surface area contributed by atoms with E-state index in [2.05, 4.69) is 15.5 Å². The normalized spacial score (nSPS) is 10.5. The van der Waals surface area contributed by atoms with Gasteiger partial charge in [0.15, 0.2) is 6.29 Å². The van der Waals surface area contributed by atoms with Gasteiger partial charge in [-0.05, 0) is 52.5 Å². The van der Waals surface area contributed by atoms with Gasteiger partial charge in [0.05, 0.1) is 10.7 Å². The fourth-order valence-corrected chi connectivity index (χ4v) is 2.87. The van der Waals surface area contributed by atoms with Gasteiger partial charge in [0, 0.05) is 10.5 Å². The SMILES string of the molecule is O=Cc1ccc(Sc2nnnn2-c2ccccc2)cc1Cl. The van der Waals surface area contributed by atoms with Crippen molar-refractivity contribution in [3.63, 3.8) is 0 Å². The predicted molar refractivity (Wildman–Crippen MR) is 80.1 cm³/mol. The van der Waals surface area contributed by atoms with Gasteiger partial charge >= 0.3 is 0 Å². The highest BCUT2D eigenvalue weighted by atomic mass is 35.5. The van der Waals surface area contributed by atoms with E-state index in [0.717, 1.165) is 16.9 Å². The molecule has 5 nitrogen and oxygen atoms in total. The van der Waals surface area contributed by atoms with Gasteiger partial charge in [0.1, 0.15) is 0 Å². The van der Waals surface area contributed by atoms with Crippen molar-refractivity contribution >= 4 is 29.6 Å². The molecule has 0 atom stereocenters. The van der Waals surface area contributed by atoms with E-state index in [1.165, 1.54) is 11.8 Å². The molecule has 3 rings (SSSR count).